The van der Waals surface area contributed by atoms with Crippen LogP contribution in [0.2, 0.25) is 0 Å². The highest BCUT2D eigenvalue weighted by atomic mass is 16.3. The van der Waals surface area contributed by atoms with Crippen molar-refractivity contribution in [1.82, 2.24) is 19.5 Å². The van der Waals surface area contributed by atoms with E-state index in [1.165, 1.54) is 0 Å². The van der Waals surface area contributed by atoms with Gasteiger partial charge >= 0.3 is 0 Å². The quantitative estimate of drug-likeness (QED) is 0.188. The number of fused-ring (bicyclic) bond motifs is 7. The molecule has 0 amide bonds. The zero-order valence-electron chi connectivity index (χ0n) is 26.9. The summed E-state index contributed by atoms with van der Waals surface area (Å²) < 4.78 is 9.26. The van der Waals surface area contributed by atoms with Crippen molar-refractivity contribution in [3.05, 3.63) is 170 Å². The number of aromatic nitrogens is 4. The second-order valence-corrected chi connectivity index (χ2v) is 12.4. The van der Waals surface area contributed by atoms with Crippen molar-refractivity contribution in [3.8, 4) is 50.8 Å². The van der Waals surface area contributed by atoms with Gasteiger partial charge in [-0.05, 0) is 42.5 Å². The maximum absolute atomic E-state index is 6.96. The number of hydrogen-bond acceptors (Lipinski definition) is 4. The molecule has 0 aliphatic heterocycles. The van der Waals surface area contributed by atoms with Gasteiger partial charge in [-0.15, -0.1) is 0 Å². The monoisotopic (exact) mass is 640 g/mol. The fourth-order valence-electron chi connectivity index (χ4n) is 7.08. The van der Waals surface area contributed by atoms with Crippen molar-refractivity contribution in [2.24, 2.45) is 0 Å². The molecular weight excluding hydrogens is 613 g/mol. The molecule has 0 atom stereocenters. The summed E-state index contributed by atoms with van der Waals surface area (Å²) in [4.78, 5) is 15.5. The molecule has 0 unspecified atom stereocenters. The van der Waals surface area contributed by atoms with Gasteiger partial charge in [-0.3, -0.25) is 0 Å². The summed E-state index contributed by atoms with van der Waals surface area (Å²) in [6, 6.07) is 58.1. The molecule has 0 aliphatic rings. The number of hydrogen-bond donors (Lipinski definition) is 0. The van der Waals surface area contributed by atoms with Gasteiger partial charge in [0.2, 0.25) is 0 Å². The van der Waals surface area contributed by atoms with Crippen LogP contribution in [-0.2, 0) is 0 Å². The number of furan rings is 1. The third kappa shape index (κ3) is 4.52. The minimum atomic E-state index is 0.678. The van der Waals surface area contributed by atoms with Gasteiger partial charge in [0.05, 0.1) is 33.5 Å². The molecule has 4 heterocycles. The lowest BCUT2D eigenvalue weighted by atomic mass is 10.0. The van der Waals surface area contributed by atoms with Crippen molar-refractivity contribution in [3.63, 3.8) is 0 Å². The van der Waals surface area contributed by atoms with Crippen LogP contribution in [-0.4, -0.2) is 19.5 Å². The summed E-state index contributed by atoms with van der Waals surface area (Å²) in [5.41, 5.74) is 12.2. The molecule has 10 aromatic rings. The van der Waals surface area contributed by atoms with Crippen LogP contribution in [0.3, 0.4) is 0 Å². The van der Waals surface area contributed by atoms with Crippen LogP contribution in [0.1, 0.15) is 0 Å². The van der Waals surface area contributed by atoms with Crippen LogP contribution in [0.25, 0.3) is 94.7 Å². The van der Waals surface area contributed by atoms with E-state index in [1.807, 2.05) is 60.7 Å². The second kappa shape index (κ2) is 11.4. The van der Waals surface area contributed by atoms with Crippen LogP contribution in [0.4, 0.5) is 0 Å². The van der Waals surface area contributed by atoms with Crippen LogP contribution < -0.4 is 0 Å². The highest BCUT2D eigenvalue weighted by molar-refractivity contribution is 6.24. The van der Waals surface area contributed by atoms with E-state index in [2.05, 4.69) is 114 Å². The summed E-state index contributed by atoms with van der Waals surface area (Å²) in [5.74, 6) is 0.678. The van der Waals surface area contributed by atoms with Crippen molar-refractivity contribution >= 4 is 43.9 Å². The van der Waals surface area contributed by atoms with E-state index in [1.54, 1.807) is 0 Å². The summed E-state index contributed by atoms with van der Waals surface area (Å²) in [7, 11) is 0. The van der Waals surface area contributed by atoms with Gasteiger partial charge in [0, 0.05) is 38.7 Å². The van der Waals surface area contributed by atoms with Gasteiger partial charge in [0.25, 0.3) is 0 Å². The zero-order valence-corrected chi connectivity index (χ0v) is 26.9. The van der Waals surface area contributed by atoms with Crippen molar-refractivity contribution in [2.75, 3.05) is 0 Å². The Morgan fingerprint density at radius 1 is 0.440 bits per heavy atom. The first kappa shape index (κ1) is 28.2. The zero-order chi connectivity index (χ0) is 33.0. The Morgan fingerprint density at radius 3 is 1.76 bits per heavy atom. The Bertz CT molecular complexity index is 2780. The summed E-state index contributed by atoms with van der Waals surface area (Å²) >= 11 is 0. The van der Waals surface area contributed by atoms with E-state index in [0.717, 1.165) is 88.9 Å². The molecule has 0 N–H and O–H groups in total. The van der Waals surface area contributed by atoms with Gasteiger partial charge < -0.3 is 8.98 Å². The third-order valence-corrected chi connectivity index (χ3v) is 9.39. The summed E-state index contributed by atoms with van der Waals surface area (Å²) in [6.07, 6.45) is 0. The average Bonchev–Trinajstić information content (AvgIpc) is 3.74. The lowest BCUT2D eigenvalue weighted by Crippen LogP contribution is -1.97. The predicted octanol–water partition coefficient (Wildman–Crippen LogP) is 11.5. The summed E-state index contributed by atoms with van der Waals surface area (Å²) in [6.45, 7) is 0. The molecule has 0 aliphatic carbocycles. The normalized spacial score (nSPS) is 11.6. The Morgan fingerprint density at radius 2 is 1.04 bits per heavy atom. The van der Waals surface area contributed by atoms with Crippen LogP contribution >= 0.6 is 0 Å². The third-order valence-electron chi connectivity index (χ3n) is 9.39. The number of pyridine rings is 1. The van der Waals surface area contributed by atoms with E-state index in [-0.39, 0.29) is 0 Å². The van der Waals surface area contributed by atoms with E-state index in [0.29, 0.717) is 5.82 Å². The standard InChI is InChI=1S/C45H28N4O/c1-5-15-29(16-6-1)36-28-37(48-45(47-36)31-19-9-3-10-20-31)32-25-26-34-38(27-32)46-41(30-17-7-2-8-18-30)40-42-44(50-43(34)40)35-23-13-14-24-39(35)49(42)33-21-11-4-12-22-33/h1-28H. The molecule has 0 bridgehead atoms. The first-order valence-corrected chi connectivity index (χ1v) is 16.7. The molecule has 6 aromatic carbocycles. The highest BCUT2D eigenvalue weighted by Crippen LogP contribution is 2.45. The molecule has 0 saturated carbocycles. The maximum atomic E-state index is 6.96. The van der Waals surface area contributed by atoms with Crippen molar-refractivity contribution in [2.45, 2.75) is 0 Å². The molecular formula is C45H28N4O. The fraction of sp³-hybridized carbons (Fsp3) is 0. The van der Waals surface area contributed by atoms with Crippen molar-refractivity contribution in [1.29, 1.82) is 0 Å². The fourth-order valence-corrected chi connectivity index (χ4v) is 7.08. The Labute approximate surface area is 287 Å². The molecule has 50 heavy (non-hydrogen) atoms. The molecule has 4 aromatic heterocycles. The number of rotatable bonds is 5. The van der Waals surface area contributed by atoms with Gasteiger partial charge in [-0.25, -0.2) is 15.0 Å². The van der Waals surface area contributed by atoms with Crippen molar-refractivity contribution < 1.29 is 4.42 Å². The Hall–Kier alpha value is -6.85. The first-order chi connectivity index (χ1) is 24.8. The summed E-state index contributed by atoms with van der Waals surface area (Å²) in [5, 5.41) is 3.00. The Balaban J connectivity index is 1.26. The van der Waals surface area contributed by atoms with E-state index >= 15 is 0 Å². The molecule has 0 spiro atoms. The molecule has 5 nitrogen and oxygen atoms in total. The lowest BCUT2D eigenvalue weighted by Gasteiger charge is -2.12. The minimum Gasteiger partial charge on any atom is -0.453 e. The second-order valence-electron chi connectivity index (χ2n) is 12.4. The topological polar surface area (TPSA) is 56.7 Å². The van der Waals surface area contributed by atoms with Crippen LogP contribution in [0.5, 0.6) is 0 Å². The van der Waals surface area contributed by atoms with Gasteiger partial charge in [0.1, 0.15) is 11.1 Å². The molecule has 5 heteroatoms. The number of para-hydroxylation sites is 2. The van der Waals surface area contributed by atoms with Crippen LogP contribution in [0, 0.1) is 0 Å². The number of nitrogens with zero attached hydrogens (tertiary/aromatic N) is 4. The highest BCUT2D eigenvalue weighted by Gasteiger charge is 2.25. The predicted molar refractivity (Wildman–Crippen MR) is 203 cm³/mol. The smallest absolute Gasteiger partial charge is 0.161 e. The molecule has 0 saturated heterocycles. The molecule has 0 fully saturated rings. The SMILES string of the molecule is c1ccc(-c2cc(-c3ccc4c(c3)nc(-c3ccccc3)c3c4oc4c5ccccc5n(-c5ccccc5)c43)nc(-c3ccccc3)n2)cc1. The van der Waals surface area contributed by atoms with Gasteiger partial charge in [-0.2, -0.15) is 0 Å². The first-order valence-electron chi connectivity index (χ1n) is 16.7. The average molecular weight is 641 g/mol. The lowest BCUT2D eigenvalue weighted by molar-refractivity contribution is 0.676. The molecule has 0 radical (unpaired) electrons. The Kier molecular flexibility index (Phi) is 6.42. The maximum Gasteiger partial charge on any atom is 0.161 e. The van der Waals surface area contributed by atoms with E-state index in [4.69, 9.17) is 19.4 Å². The molecule has 10 rings (SSSR count). The largest absolute Gasteiger partial charge is 0.453 e. The molecule has 234 valence electrons. The van der Waals surface area contributed by atoms with E-state index in [9.17, 15) is 0 Å². The van der Waals surface area contributed by atoms with Gasteiger partial charge in [0.15, 0.2) is 11.4 Å². The van der Waals surface area contributed by atoms with E-state index < -0.39 is 0 Å². The van der Waals surface area contributed by atoms with Gasteiger partial charge in [-0.1, -0.05) is 127 Å². The van der Waals surface area contributed by atoms with Crippen LogP contribution in [0.15, 0.2) is 174 Å². The minimum absolute atomic E-state index is 0.678. The number of benzene rings is 6.